The second kappa shape index (κ2) is 6.18. The van der Waals surface area contributed by atoms with Gasteiger partial charge >= 0.3 is 0 Å². The lowest BCUT2D eigenvalue weighted by Crippen LogP contribution is -2.44. The zero-order valence-electron chi connectivity index (χ0n) is 12.0. The maximum absolute atomic E-state index is 3.39. The topological polar surface area (TPSA) is 15.3 Å². The van der Waals surface area contributed by atoms with E-state index in [1.54, 1.807) is 10.4 Å². The molecular formula is C15H26N2S. The molecule has 0 spiro atoms. The Labute approximate surface area is 115 Å². The summed E-state index contributed by atoms with van der Waals surface area (Å²) in [7, 11) is 2.08. The summed E-state index contributed by atoms with van der Waals surface area (Å²) in [5.41, 5.74) is 2.01. The van der Waals surface area contributed by atoms with Crippen molar-refractivity contribution in [2.24, 2.45) is 5.41 Å². The number of thiophene rings is 1. The van der Waals surface area contributed by atoms with E-state index in [2.05, 4.69) is 42.6 Å². The smallest absolute Gasteiger partial charge is 0.0245 e. The molecule has 1 N–H and O–H groups in total. The standard InChI is InChI=1S/C15H26N2S/c1-4-15(5-2,11-16-3)12-17-8-6-14-13(10-17)7-9-18-14/h7,9,16H,4-6,8,10-12H2,1-3H3. The highest BCUT2D eigenvalue weighted by atomic mass is 32.1. The molecule has 0 unspecified atom stereocenters. The predicted octanol–water partition coefficient (Wildman–Crippen LogP) is 3.13. The van der Waals surface area contributed by atoms with Crippen LogP contribution < -0.4 is 5.32 Å². The van der Waals surface area contributed by atoms with E-state index in [4.69, 9.17) is 0 Å². The molecule has 3 heteroatoms. The molecule has 0 atom stereocenters. The zero-order valence-corrected chi connectivity index (χ0v) is 12.8. The van der Waals surface area contributed by atoms with Gasteiger partial charge in [0, 0.05) is 31.1 Å². The first-order chi connectivity index (χ1) is 8.73. The van der Waals surface area contributed by atoms with Crippen LogP contribution in [-0.4, -0.2) is 31.6 Å². The molecule has 0 aliphatic carbocycles. The lowest BCUT2D eigenvalue weighted by Gasteiger charge is -2.38. The highest BCUT2D eigenvalue weighted by Crippen LogP contribution is 2.30. The average molecular weight is 266 g/mol. The fraction of sp³-hybridized carbons (Fsp3) is 0.733. The van der Waals surface area contributed by atoms with Crippen LogP contribution in [0.2, 0.25) is 0 Å². The third kappa shape index (κ3) is 2.95. The second-order valence-corrected chi connectivity index (χ2v) is 6.57. The first-order valence-corrected chi connectivity index (χ1v) is 8.03. The molecule has 0 fully saturated rings. The first kappa shape index (κ1) is 14.0. The third-order valence-electron chi connectivity index (χ3n) is 4.50. The number of hydrogen-bond donors (Lipinski definition) is 1. The van der Waals surface area contributed by atoms with Crippen LogP contribution >= 0.6 is 11.3 Å². The van der Waals surface area contributed by atoms with Crippen LogP contribution in [0.15, 0.2) is 11.4 Å². The molecule has 0 saturated carbocycles. The van der Waals surface area contributed by atoms with Crippen LogP contribution in [0.25, 0.3) is 0 Å². The minimum Gasteiger partial charge on any atom is -0.319 e. The quantitative estimate of drug-likeness (QED) is 0.851. The van der Waals surface area contributed by atoms with E-state index < -0.39 is 0 Å². The van der Waals surface area contributed by atoms with Gasteiger partial charge in [0.1, 0.15) is 0 Å². The van der Waals surface area contributed by atoms with Crippen LogP contribution in [0.3, 0.4) is 0 Å². The van der Waals surface area contributed by atoms with Crippen molar-refractivity contribution in [2.75, 3.05) is 26.7 Å². The van der Waals surface area contributed by atoms with Crippen LogP contribution in [0.5, 0.6) is 0 Å². The highest BCUT2D eigenvalue weighted by Gasteiger charge is 2.29. The van der Waals surface area contributed by atoms with Crippen molar-refractivity contribution in [1.82, 2.24) is 10.2 Å². The van der Waals surface area contributed by atoms with E-state index in [1.807, 2.05) is 11.3 Å². The van der Waals surface area contributed by atoms with E-state index in [0.717, 1.165) is 13.1 Å². The Morgan fingerprint density at radius 3 is 2.83 bits per heavy atom. The number of rotatable bonds is 6. The molecule has 0 saturated heterocycles. The van der Waals surface area contributed by atoms with E-state index in [-0.39, 0.29) is 0 Å². The minimum atomic E-state index is 0.447. The van der Waals surface area contributed by atoms with Crippen LogP contribution in [0, 0.1) is 5.41 Å². The van der Waals surface area contributed by atoms with Gasteiger partial charge in [0.15, 0.2) is 0 Å². The van der Waals surface area contributed by atoms with E-state index in [9.17, 15) is 0 Å². The number of hydrogen-bond acceptors (Lipinski definition) is 3. The first-order valence-electron chi connectivity index (χ1n) is 7.15. The molecule has 1 aliphatic heterocycles. The summed E-state index contributed by atoms with van der Waals surface area (Å²) in [4.78, 5) is 4.26. The Bertz CT molecular complexity index is 368. The maximum atomic E-state index is 3.39. The number of nitrogens with one attached hydrogen (secondary N) is 1. The summed E-state index contributed by atoms with van der Waals surface area (Å²) in [5.74, 6) is 0. The molecule has 2 heterocycles. The fourth-order valence-corrected chi connectivity index (χ4v) is 3.96. The molecule has 0 amide bonds. The lowest BCUT2D eigenvalue weighted by atomic mass is 9.81. The summed E-state index contributed by atoms with van der Waals surface area (Å²) in [5, 5.41) is 5.63. The largest absolute Gasteiger partial charge is 0.319 e. The van der Waals surface area contributed by atoms with Gasteiger partial charge in [-0.25, -0.2) is 0 Å². The molecule has 0 bridgehead atoms. The van der Waals surface area contributed by atoms with Crippen molar-refractivity contribution < 1.29 is 0 Å². The molecule has 0 aromatic carbocycles. The van der Waals surface area contributed by atoms with Gasteiger partial charge < -0.3 is 5.32 Å². The van der Waals surface area contributed by atoms with Gasteiger partial charge in [-0.2, -0.15) is 0 Å². The second-order valence-electron chi connectivity index (χ2n) is 5.57. The van der Waals surface area contributed by atoms with Crippen molar-refractivity contribution in [1.29, 1.82) is 0 Å². The monoisotopic (exact) mass is 266 g/mol. The molecular weight excluding hydrogens is 240 g/mol. The maximum Gasteiger partial charge on any atom is 0.0245 e. The van der Waals surface area contributed by atoms with Gasteiger partial charge in [0.25, 0.3) is 0 Å². The lowest BCUT2D eigenvalue weighted by molar-refractivity contribution is 0.127. The van der Waals surface area contributed by atoms with Crippen LogP contribution in [0.4, 0.5) is 0 Å². The molecule has 2 rings (SSSR count). The Morgan fingerprint density at radius 2 is 2.17 bits per heavy atom. The Kier molecular flexibility index (Phi) is 4.82. The SMILES string of the molecule is CCC(CC)(CNC)CN1CCc2sccc2C1. The molecule has 2 nitrogen and oxygen atoms in total. The molecule has 102 valence electrons. The Hall–Kier alpha value is -0.380. The van der Waals surface area contributed by atoms with Crippen molar-refractivity contribution in [3.63, 3.8) is 0 Å². The number of fused-ring (bicyclic) bond motifs is 1. The summed E-state index contributed by atoms with van der Waals surface area (Å²) in [6, 6.07) is 2.31. The van der Waals surface area contributed by atoms with Crippen LogP contribution in [0.1, 0.15) is 37.1 Å². The highest BCUT2D eigenvalue weighted by molar-refractivity contribution is 7.10. The van der Waals surface area contributed by atoms with Crippen molar-refractivity contribution in [3.05, 3.63) is 21.9 Å². The summed E-state index contributed by atoms with van der Waals surface area (Å²) in [6.07, 6.45) is 3.77. The summed E-state index contributed by atoms with van der Waals surface area (Å²) >= 11 is 1.93. The van der Waals surface area contributed by atoms with Crippen molar-refractivity contribution >= 4 is 11.3 Å². The summed E-state index contributed by atoms with van der Waals surface area (Å²) in [6.45, 7) is 9.42. The number of nitrogens with zero attached hydrogens (tertiary/aromatic N) is 1. The predicted molar refractivity (Wildman–Crippen MR) is 80.2 cm³/mol. The van der Waals surface area contributed by atoms with Gasteiger partial charge in [0.2, 0.25) is 0 Å². The van der Waals surface area contributed by atoms with Gasteiger partial charge in [-0.15, -0.1) is 11.3 Å². The van der Waals surface area contributed by atoms with Crippen LogP contribution in [-0.2, 0) is 13.0 Å². The normalized spacial score (nSPS) is 16.8. The van der Waals surface area contributed by atoms with Gasteiger partial charge in [-0.1, -0.05) is 13.8 Å². The van der Waals surface area contributed by atoms with Crippen molar-refractivity contribution in [2.45, 2.75) is 39.7 Å². The average Bonchev–Trinajstić information content (AvgIpc) is 2.85. The minimum absolute atomic E-state index is 0.447. The van der Waals surface area contributed by atoms with E-state index in [0.29, 0.717) is 5.41 Å². The zero-order chi connectivity index (χ0) is 13.0. The fourth-order valence-electron chi connectivity index (χ4n) is 3.07. The molecule has 18 heavy (non-hydrogen) atoms. The Morgan fingerprint density at radius 1 is 1.39 bits per heavy atom. The van der Waals surface area contributed by atoms with Gasteiger partial charge in [-0.05, 0) is 48.7 Å². The molecule has 1 aliphatic rings. The third-order valence-corrected chi connectivity index (χ3v) is 5.52. The Balaban J connectivity index is 2.01. The van der Waals surface area contributed by atoms with Gasteiger partial charge in [-0.3, -0.25) is 4.90 Å². The molecule has 1 aromatic heterocycles. The summed E-state index contributed by atoms with van der Waals surface area (Å²) < 4.78 is 0. The molecule has 1 aromatic rings. The van der Waals surface area contributed by atoms with E-state index >= 15 is 0 Å². The van der Waals surface area contributed by atoms with Gasteiger partial charge in [0.05, 0.1) is 0 Å². The van der Waals surface area contributed by atoms with Crippen molar-refractivity contribution in [3.8, 4) is 0 Å². The molecule has 0 radical (unpaired) electrons. The van der Waals surface area contributed by atoms with E-state index in [1.165, 1.54) is 32.4 Å².